The summed E-state index contributed by atoms with van der Waals surface area (Å²) >= 11 is 3.29. The topological polar surface area (TPSA) is 59.5 Å². The van der Waals surface area contributed by atoms with Crippen molar-refractivity contribution in [2.75, 3.05) is 13.1 Å². The predicted octanol–water partition coefficient (Wildman–Crippen LogP) is 3.75. The van der Waals surface area contributed by atoms with Crippen LogP contribution in [0.3, 0.4) is 0 Å². The molecule has 0 saturated carbocycles. The molecule has 1 saturated heterocycles. The Balaban J connectivity index is 1.83. The summed E-state index contributed by atoms with van der Waals surface area (Å²) in [7, 11) is 0. The zero-order valence-electron chi connectivity index (χ0n) is 13.7. The normalized spacial score (nSPS) is 15.5. The second kappa shape index (κ2) is 8.25. The summed E-state index contributed by atoms with van der Waals surface area (Å²) in [6, 6.07) is 10.8. The molecule has 1 aliphatic rings. The SMILES string of the molecule is O=C(OC(C(=O)N1CCCCC1)c1ccccc1)c1cncc(Br)c1. The fraction of sp³-hybridized carbons (Fsp3) is 0.316. The highest BCUT2D eigenvalue weighted by atomic mass is 79.9. The van der Waals surface area contributed by atoms with E-state index in [0.29, 0.717) is 28.7 Å². The van der Waals surface area contributed by atoms with Gasteiger partial charge in [-0.25, -0.2) is 4.79 Å². The standard InChI is InChI=1S/C19H19BrN2O3/c20-16-11-15(12-21-13-16)19(24)25-17(14-7-3-1-4-8-14)18(23)22-9-5-2-6-10-22/h1,3-4,7-8,11-13,17H,2,5-6,9-10H2. The third kappa shape index (κ3) is 4.45. The number of hydrogen-bond donors (Lipinski definition) is 0. The average molecular weight is 403 g/mol. The molecular weight excluding hydrogens is 384 g/mol. The van der Waals surface area contributed by atoms with Gasteiger partial charge in [-0.2, -0.15) is 0 Å². The molecule has 2 heterocycles. The Kier molecular flexibility index (Phi) is 5.81. The summed E-state index contributed by atoms with van der Waals surface area (Å²) in [4.78, 5) is 31.2. The van der Waals surface area contributed by atoms with E-state index in [2.05, 4.69) is 20.9 Å². The minimum absolute atomic E-state index is 0.165. The molecule has 1 amide bonds. The number of ether oxygens (including phenoxy) is 1. The van der Waals surface area contributed by atoms with Crippen molar-refractivity contribution in [1.82, 2.24) is 9.88 Å². The lowest BCUT2D eigenvalue weighted by molar-refractivity contribution is -0.142. The number of piperidine rings is 1. The summed E-state index contributed by atoms with van der Waals surface area (Å²) in [5.41, 5.74) is 0.983. The zero-order chi connectivity index (χ0) is 17.6. The minimum Gasteiger partial charge on any atom is -0.444 e. The van der Waals surface area contributed by atoms with Crippen molar-refractivity contribution in [1.29, 1.82) is 0 Å². The van der Waals surface area contributed by atoms with Crippen LogP contribution in [0.1, 0.15) is 41.3 Å². The molecule has 1 aromatic carbocycles. The highest BCUT2D eigenvalue weighted by Crippen LogP contribution is 2.24. The van der Waals surface area contributed by atoms with Crippen LogP contribution in [-0.4, -0.2) is 34.8 Å². The first-order valence-corrected chi connectivity index (χ1v) is 9.10. The molecule has 5 nitrogen and oxygen atoms in total. The second-order valence-electron chi connectivity index (χ2n) is 5.97. The van der Waals surface area contributed by atoms with Crippen molar-refractivity contribution >= 4 is 27.8 Å². The lowest BCUT2D eigenvalue weighted by atomic mass is 10.1. The van der Waals surface area contributed by atoms with Gasteiger partial charge in [-0.05, 0) is 41.3 Å². The molecule has 2 aromatic rings. The van der Waals surface area contributed by atoms with Crippen LogP contribution in [0, 0.1) is 0 Å². The Labute approximate surface area is 155 Å². The number of nitrogens with zero attached hydrogens (tertiary/aromatic N) is 2. The van der Waals surface area contributed by atoms with Crippen molar-refractivity contribution in [3.05, 3.63) is 64.4 Å². The second-order valence-corrected chi connectivity index (χ2v) is 6.89. The van der Waals surface area contributed by atoms with Crippen LogP contribution >= 0.6 is 15.9 Å². The molecule has 0 bridgehead atoms. The number of halogens is 1. The van der Waals surface area contributed by atoms with Gasteiger partial charge < -0.3 is 9.64 Å². The number of benzene rings is 1. The highest BCUT2D eigenvalue weighted by molar-refractivity contribution is 9.10. The van der Waals surface area contributed by atoms with E-state index >= 15 is 0 Å². The van der Waals surface area contributed by atoms with Gasteiger partial charge in [-0.3, -0.25) is 9.78 Å². The first-order valence-electron chi connectivity index (χ1n) is 8.30. The van der Waals surface area contributed by atoms with Gasteiger partial charge in [0, 0.05) is 35.5 Å². The molecule has 6 heteroatoms. The van der Waals surface area contributed by atoms with E-state index in [1.807, 2.05) is 18.2 Å². The van der Waals surface area contributed by atoms with Crippen molar-refractivity contribution < 1.29 is 14.3 Å². The van der Waals surface area contributed by atoms with Crippen molar-refractivity contribution in [2.24, 2.45) is 0 Å². The summed E-state index contributed by atoms with van der Waals surface area (Å²) in [6.07, 6.45) is 5.17. The molecule has 0 spiro atoms. The van der Waals surface area contributed by atoms with Crippen molar-refractivity contribution in [3.8, 4) is 0 Å². The molecular formula is C19H19BrN2O3. The predicted molar refractivity (Wildman–Crippen MR) is 97.0 cm³/mol. The van der Waals surface area contributed by atoms with E-state index in [1.54, 1.807) is 29.3 Å². The fourth-order valence-electron chi connectivity index (χ4n) is 2.87. The molecule has 0 N–H and O–H groups in total. The van der Waals surface area contributed by atoms with E-state index in [0.717, 1.165) is 19.3 Å². The van der Waals surface area contributed by atoms with Crippen LogP contribution in [-0.2, 0) is 9.53 Å². The molecule has 1 aromatic heterocycles. The number of esters is 1. The Bertz CT molecular complexity index is 745. The van der Waals surface area contributed by atoms with E-state index in [1.165, 1.54) is 6.20 Å². The Morgan fingerprint density at radius 2 is 1.80 bits per heavy atom. The van der Waals surface area contributed by atoms with Crippen LogP contribution in [0.4, 0.5) is 0 Å². The fourth-order valence-corrected chi connectivity index (χ4v) is 3.23. The van der Waals surface area contributed by atoms with Crippen molar-refractivity contribution in [2.45, 2.75) is 25.4 Å². The minimum atomic E-state index is -0.939. The van der Waals surface area contributed by atoms with Gasteiger partial charge in [-0.1, -0.05) is 30.3 Å². The van der Waals surface area contributed by atoms with Gasteiger partial charge >= 0.3 is 5.97 Å². The summed E-state index contributed by atoms with van der Waals surface area (Å²) in [5, 5.41) is 0. The number of carbonyl (C=O) groups excluding carboxylic acids is 2. The molecule has 25 heavy (non-hydrogen) atoms. The Hall–Kier alpha value is -2.21. The molecule has 1 aliphatic heterocycles. The van der Waals surface area contributed by atoms with Gasteiger partial charge in [0.25, 0.3) is 5.91 Å². The first kappa shape index (κ1) is 17.6. The highest BCUT2D eigenvalue weighted by Gasteiger charge is 2.30. The lowest BCUT2D eigenvalue weighted by Gasteiger charge is -2.30. The maximum Gasteiger partial charge on any atom is 0.340 e. The number of amides is 1. The van der Waals surface area contributed by atoms with E-state index < -0.39 is 12.1 Å². The van der Waals surface area contributed by atoms with E-state index in [-0.39, 0.29) is 5.91 Å². The van der Waals surface area contributed by atoms with Gasteiger partial charge in [0.15, 0.2) is 0 Å². The number of aromatic nitrogens is 1. The van der Waals surface area contributed by atoms with Gasteiger partial charge in [0.1, 0.15) is 0 Å². The maximum absolute atomic E-state index is 13.0. The first-order chi connectivity index (χ1) is 12.1. The molecule has 3 rings (SSSR count). The number of hydrogen-bond acceptors (Lipinski definition) is 4. The van der Waals surface area contributed by atoms with Crippen LogP contribution in [0.15, 0.2) is 53.3 Å². The number of carbonyl (C=O) groups is 2. The maximum atomic E-state index is 13.0. The molecule has 0 radical (unpaired) electrons. The van der Waals surface area contributed by atoms with E-state index in [4.69, 9.17) is 4.74 Å². The van der Waals surface area contributed by atoms with Crippen LogP contribution in [0.25, 0.3) is 0 Å². The van der Waals surface area contributed by atoms with Gasteiger partial charge in [0.2, 0.25) is 6.10 Å². The molecule has 1 fully saturated rings. The van der Waals surface area contributed by atoms with Crippen molar-refractivity contribution in [3.63, 3.8) is 0 Å². The summed E-state index contributed by atoms with van der Waals surface area (Å²) in [6.45, 7) is 1.41. The van der Waals surface area contributed by atoms with Crippen LogP contribution in [0.5, 0.6) is 0 Å². The number of rotatable bonds is 4. The van der Waals surface area contributed by atoms with Crippen LogP contribution in [0.2, 0.25) is 0 Å². The molecule has 0 aliphatic carbocycles. The third-order valence-corrected chi connectivity index (χ3v) is 4.59. The quantitative estimate of drug-likeness (QED) is 0.730. The van der Waals surface area contributed by atoms with Gasteiger partial charge in [0.05, 0.1) is 5.56 Å². The summed E-state index contributed by atoms with van der Waals surface area (Å²) in [5.74, 6) is -0.727. The Morgan fingerprint density at radius 1 is 1.08 bits per heavy atom. The molecule has 1 atom stereocenters. The van der Waals surface area contributed by atoms with Crippen LogP contribution < -0.4 is 0 Å². The average Bonchev–Trinajstić information content (AvgIpc) is 2.67. The largest absolute Gasteiger partial charge is 0.444 e. The Morgan fingerprint density at radius 3 is 2.48 bits per heavy atom. The lowest BCUT2D eigenvalue weighted by Crippen LogP contribution is -2.40. The third-order valence-electron chi connectivity index (χ3n) is 4.16. The summed E-state index contributed by atoms with van der Waals surface area (Å²) < 4.78 is 6.28. The zero-order valence-corrected chi connectivity index (χ0v) is 15.3. The smallest absolute Gasteiger partial charge is 0.340 e. The number of pyridine rings is 1. The monoisotopic (exact) mass is 402 g/mol. The molecule has 1 unspecified atom stereocenters. The number of likely N-dealkylation sites (tertiary alicyclic amines) is 1. The van der Waals surface area contributed by atoms with Gasteiger partial charge in [-0.15, -0.1) is 0 Å². The molecule has 130 valence electrons. The van der Waals surface area contributed by atoms with E-state index in [9.17, 15) is 9.59 Å².